The SMILES string of the molecule is CC(O)c1ccnc(N(CC#N)CC#N)c1. The second-order valence-electron chi connectivity index (χ2n) is 3.30. The fraction of sp³-hybridized carbons (Fsp3) is 0.364. The van der Waals surface area contributed by atoms with Gasteiger partial charge in [0, 0.05) is 6.20 Å². The molecule has 1 N–H and O–H groups in total. The van der Waals surface area contributed by atoms with E-state index in [1.54, 1.807) is 30.2 Å². The largest absolute Gasteiger partial charge is 0.389 e. The van der Waals surface area contributed by atoms with Gasteiger partial charge in [-0.1, -0.05) is 0 Å². The molecule has 0 aliphatic heterocycles. The van der Waals surface area contributed by atoms with E-state index >= 15 is 0 Å². The Hall–Kier alpha value is -2.11. The van der Waals surface area contributed by atoms with Crippen molar-refractivity contribution < 1.29 is 5.11 Å². The summed E-state index contributed by atoms with van der Waals surface area (Å²) in [5.41, 5.74) is 0.714. The monoisotopic (exact) mass is 216 g/mol. The lowest BCUT2D eigenvalue weighted by molar-refractivity contribution is 0.199. The first kappa shape index (κ1) is 12.0. The van der Waals surface area contributed by atoms with E-state index in [9.17, 15) is 5.11 Å². The smallest absolute Gasteiger partial charge is 0.130 e. The van der Waals surface area contributed by atoms with Crippen molar-refractivity contribution in [3.05, 3.63) is 23.9 Å². The second kappa shape index (κ2) is 5.69. The highest BCUT2D eigenvalue weighted by atomic mass is 16.3. The van der Waals surface area contributed by atoms with Crippen molar-refractivity contribution >= 4 is 5.82 Å². The maximum Gasteiger partial charge on any atom is 0.130 e. The molecule has 16 heavy (non-hydrogen) atoms. The third-order valence-corrected chi connectivity index (χ3v) is 2.10. The van der Waals surface area contributed by atoms with Crippen LogP contribution in [0.25, 0.3) is 0 Å². The van der Waals surface area contributed by atoms with Gasteiger partial charge in [0.15, 0.2) is 0 Å². The van der Waals surface area contributed by atoms with E-state index in [4.69, 9.17) is 10.5 Å². The summed E-state index contributed by atoms with van der Waals surface area (Å²) >= 11 is 0. The summed E-state index contributed by atoms with van der Waals surface area (Å²) in [5, 5.41) is 26.7. The van der Waals surface area contributed by atoms with Crippen LogP contribution in [0.4, 0.5) is 5.82 Å². The zero-order chi connectivity index (χ0) is 12.0. The Morgan fingerprint density at radius 3 is 2.56 bits per heavy atom. The van der Waals surface area contributed by atoms with Gasteiger partial charge in [-0.05, 0) is 24.6 Å². The molecule has 0 amide bonds. The lowest BCUT2D eigenvalue weighted by atomic mass is 10.1. The molecule has 0 radical (unpaired) electrons. The summed E-state index contributed by atoms with van der Waals surface area (Å²) in [7, 11) is 0. The minimum Gasteiger partial charge on any atom is -0.389 e. The highest BCUT2D eigenvalue weighted by Crippen LogP contribution is 2.17. The standard InChI is InChI=1S/C11H12N4O/c1-9(16)10-2-5-14-11(8-10)15(6-3-12)7-4-13/h2,5,8-9,16H,6-7H2,1H3. The number of hydrogen-bond acceptors (Lipinski definition) is 5. The summed E-state index contributed by atoms with van der Waals surface area (Å²) in [6.07, 6.45) is 0.965. The molecule has 1 atom stereocenters. The van der Waals surface area contributed by atoms with E-state index < -0.39 is 6.10 Å². The van der Waals surface area contributed by atoms with Crippen LogP contribution < -0.4 is 4.90 Å². The van der Waals surface area contributed by atoms with Crippen LogP contribution in [-0.2, 0) is 0 Å². The Bertz CT molecular complexity index is 414. The van der Waals surface area contributed by atoms with Gasteiger partial charge < -0.3 is 10.0 Å². The molecule has 0 aliphatic rings. The molecule has 1 rings (SSSR count). The molecule has 0 fully saturated rings. The third-order valence-electron chi connectivity index (χ3n) is 2.10. The van der Waals surface area contributed by atoms with Crippen molar-refractivity contribution in [1.29, 1.82) is 10.5 Å². The summed E-state index contributed by atoms with van der Waals surface area (Å²) in [4.78, 5) is 5.62. The second-order valence-corrected chi connectivity index (χ2v) is 3.30. The summed E-state index contributed by atoms with van der Waals surface area (Å²) in [6.45, 7) is 1.85. The van der Waals surface area contributed by atoms with Gasteiger partial charge in [-0.2, -0.15) is 10.5 Å². The van der Waals surface area contributed by atoms with E-state index in [1.807, 2.05) is 12.1 Å². The van der Waals surface area contributed by atoms with Crippen LogP contribution in [0.1, 0.15) is 18.6 Å². The van der Waals surface area contributed by atoms with Gasteiger partial charge in [0.2, 0.25) is 0 Å². The number of pyridine rings is 1. The molecule has 0 saturated heterocycles. The number of nitriles is 2. The molecule has 0 aromatic carbocycles. The Morgan fingerprint density at radius 2 is 2.06 bits per heavy atom. The summed E-state index contributed by atoms with van der Waals surface area (Å²) in [5.74, 6) is 0.529. The van der Waals surface area contributed by atoms with Crippen molar-refractivity contribution in [2.24, 2.45) is 0 Å². The van der Waals surface area contributed by atoms with Gasteiger partial charge in [0.25, 0.3) is 0 Å². The van der Waals surface area contributed by atoms with Crippen LogP contribution in [-0.4, -0.2) is 23.2 Å². The Balaban J connectivity index is 2.97. The topological polar surface area (TPSA) is 83.9 Å². The predicted molar refractivity (Wildman–Crippen MR) is 58.3 cm³/mol. The maximum atomic E-state index is 9.41. The number of anilines is 1. The average Bonchev–Trinajstić information content (AvgIpc) is 2.29. The number of aliphatic hydroxyl groups is 1. The van der Waals surface area contributed by atoms with E-state index in [2.05, 4.69) is 4.98 Å². The van der Waals surface area contributed by atoms with Crippen LogP contribution in [0, 0.1) is 22.7 Å². The van der Waals surface area contributed by atoms with Crippen molar-refractivity contribution in [3.8, 4) is 12.1 Å². The summed E-state index contributed by atoms with van der Waals surface area (Å²) in [6, 6.07) is 7.32. The highest BCUT2D eigenvalue weighted by molar-refractivity contribution is 5.43. The summed E-state index contributed by atoms with van der Waals surface area (Å²) < 4.78 is 0. The predicted octanol–water partition coefficient (Wildman–Crippen LogP) is 0.988. The zero-order valence-corrected chi connectivity index (χ0v) is 8.96. The third kappa shape index (κ3) is 2.94. The van der Waals surface area contributed by atoms with Crippen LogP contribution >= 0.6 is 0 Å². The normalized spacial score (nSPS) is 11.2. The van der Waals surface area contributed by atoms with Crippen LogP contribution in [0.15, 0.2) is 18.3 Å². The molecule has 0 bridgehead atoms. The molecule has 1 aromatic rings. The first-order chi connectivity index (χ1) is 7.69. The molecule has 0 aliphatic carbocycles. The minimum atomic E-state index is -0.590. The van der Waals surface area contributed by atoms with Gasteiger partial charge in [-0.3, -0.25) is 0 Å². The van der Waals surface area contributed by atoms with Gasteiger partial charge in [0.1, 0.15) is 18.9 Å². The first-order valence-corrected chi connectivity index (χ1v) is 4.82. The molecule has 0 saturated carbocycles. The molecular weight excluding hydrogens is 204 g/mol. The van der Waals surface area contributed by atoms with Crippen molar-refractivity contribution in [1.82, 2.24) is 4.98 Å². The van der Waals surface area contributed by atoms with Gasteiger partial charge in [-0.15, -0.1) is 0 Å². The quantitative estimate of drug-likeness (QED) is 0.758. The molecular formula is C11H12N4O. The minimum absolute atomic E-state index is 0.101. The molecule has 5 heteroatoms. The molecule has 1 unspecified atom stereocenters. The molecule has 0 spiro atoms. The fourth-order valence-electron chi connectivity index (χ4n) is 1.26. The maximum absolute atomic E-state index is 9.41. The van der Waals surface area contributed by atoms with E-state index in [0.29, 0.717) is 11.4 Å². The van der Waals surface area contributed by atoms with Crippen molar-refractivity contribution in [2.75, 3.05) is 18.0 Å². The van der Waals surface area contributed by atoms with Crippen LogP contribution in [0.5, 0.6) is 0 Å². The van der Waals surface area contributed by atoms with Crippen molar-refractivity contribution in [2.45, 2.75) is 13.0 Å². The number of hydrogen-bond donors (Lipinski definition) is 1. The lowest BCUT2D eigenvalue weighted by Gasteiger charge is -2.17. The average molecular weight is 216 g/mol. The number of rotatable bonds is 4. The Kier molecular flexibility index (Phi) is 4.26. The van der Waals surface area contributed by atoms with Gasteiger partial charge >= 0.3 is 0 Å². The molecule has 1 heterocycles. The van der Waals surface area contributed by atoms with Gasteiger partial charge in [-0.25, -0.2) is 4.98 Å². The highest BCUT2D eigenvalue weighted by Gasteiger charge is 2.09. The Morgan fingerprint density at radius 1 is 1.44 bits per heavy atom. The zero-order valence-electron chi connectivity index (χ0n) is 8.96. The van der Waals surface area contributed by atoms with Crippen LogP contribution in [0.2, 0.25) is 0 Å². The van der Waals surface area contributed by atoms with E-state index in [1.165, 1.54) is 0 Å². The lowest BCUT2D eigenvalue weighted by Crippen LogP contribution is -2.24. The molecule has 5 nitrogen and oxygen atoms in total. The molecule has 82 valence electrons. The van der Waals surface area contributed by atoms with Crippen molar-refractivity contribution in [3.63, 3.8) is 0 Å². The van der Waals surface area contributed by atoms with Crippen LogP contribution in [0.3, 0.4) is 0 Å². The van der Waals surface area contributed by atoms with E-state index in [0.717, 1.165) is 0 Å². The number of aromatic nitrogens is 1. The molecule has 1 aromatic heterocycles. The Labute approximate surface area is 94.2 Å². The first-order valence-electron chi connectivity index (χ1n) is 4.82. The van der Waals surface area contributed by atoms with Gasteiger partial charge in [0.05, 0.1) is 18.2 Å². The van der Waals surface area contributed by atoms with E-state index in [-0.39, 0.29) is 13.1 Å². The number of aliphatic hydroxyl groups excluding tert-OH is 1. The fourth-order valence-corrected chi connectivity index (χ4v) is 1.26. The number of nitrogens with zero attached hydrogens (tertiary/aromatic N) is 4.